The van der Waals surface area contributed by atoms with Crippen molar-refractivity contribution in [2.75, 3.05) is 0 Å². The summed E-state index contributed by atoms with van der Waals surface area (Å²) in [4.78, 5) is 20.4. The quantitative estimate of drug-likeness (QED) is 0.813. The van der Waals surface area contributed by atoms with E-state index in [1.165, 1.54) is 18.7 Å². The van der Waals surface area contributed by atoms with Gasteiger partial charge in [0, 0.05) is 28.2 Å². The minimum Gasteiger partial charge on any atom is -0.294 e. The standard InChI is InChI=1S/C10H7BrN2OS/c11-8-1-2-15-10(8)3-9(14)7-4-12-6-13-5-7/h1-2,4-6H,3H2. The number of hydrogen-bond donors (Lipinski definition) is 0. The third kappa shape index (κ3) is 2.49. The zero-order chi connectivity index (χ0) is 10.7. The van der Waals surface area contributed by atoms with E-state index in [1.54, 1.807) is 11.3 Å². The summed E-state index contributed by atoms with van der Waals surface area (Å²) < 4.78 is 0.984. The van der Waals surface area contributed by atoms with Crippen LogP contribution in [0, 0.1) is 0 Å². The molecule has 0 aliphatic heterocycles. The molecular formula is C10H7BrN2OS. The van der Waals surface area contributed by atoms with Gasteiger partial charge in [0.25, 0.3) is 0 Å². The SMILES string of the molecule is O=C(Cc1sccc1Br)c1cncnc1. The summed E-state index contributed by atoms with van der Waals surface area (Å²) in [6.07, 6.45) is 4.89. The van der Waals surface area contributed by atoms with Crippen molar-refractivity contribution in [3.63, 3.8) is 0 Å². The number of ketones is 1. The topological polar surface area (TPSA) is 42.9 Å². The molecule has 0 saturated carbocycles. The highest BCUT2D eigenvalue weighted by atomic mass is 79.9. The lowest BCUT2D eigenvalue weighted by Gasteiger charge is -1.98. The summed E-state index contributed by atoms with van der Waals surface area (Å²) in [7, 11) is 0. The Balaban J connectivity index is 2.15. The molecule has 5 heteroatoms. The maximum atomic E-state index is 11.8. The van der Waals surface area contributed by atoms with E-state index in [-0.39, 0.29) is 5.78 Å². The van der Waals surface area contributed by atoms with Crippen molar-refractivity contribution in [3.8, 4) is 0 Å². The molecular weight excluding hydrogens is 276 g/mol. The van der Waals surface area contributed by atoms with Gasteiger partial charge in [0.05, 0.1) is 5.56 Å². The molecule has 0 bridgehead atoms. The minimum absolute atomic E-state index is 0.0405. The van der Waals surface area contributed by atoms with Crippen molar-refractivity contribution < 1.29 is 4.79 Å². The first kappa shape index (κ1) is 10.4. The fraction of sp³-hybridized carbons (Fsp3) is 0.100. The predicted molar refractivity (Wildman–Crippen MR) is 62.1 cm³/mol. The molecule has 0 unspecified atom stereocenters. The monoisotopic (exact) mass is 282 g/mol. The third-order valence-electron chi connectivity index (χ3n) is 1.89. The maximum absolute atomic E-state index is 11.8. The average Bonchev–Trinajstić information content (AvgIpc) is 2.66. The van der Waals surface area contributed by atoms with E-state index in [1.807, 2.05) is 11.4 Å². The van der Waals surface area contributed by atoms with Crippen LogP contribution in [0.4, 0.5) is 0 Å². The Labute approximate surface area is 99.3 Å². The van der Waals surface area contributed by atoms with Crippen LogP contribution >= 0.6 is 27.3 Å². The van der Waals surface area contributed by atoms with Crippen LogP contribution in [0.25, 0.3) is 0 Å². The predicted octanol–water partition coefficient (Wildman–Crippen LogP) is 2.73. The van der Waals surface area contributed by atoms with Gasteiger partial charge in [-0.1, -0.05) is 0 Å². The summed E-state index contributed by atoms with van der Waals surface area (Å²) >= 11 is 4.96. The van der Waals surface area contributed by atoms with Crippen molar-refractivity contribution >= 4 is 33.0 Å². The molecule has 76 valence electrons. The van der Waals surface area contributed by atoms with Gasteiger partial charge >= 0.3 is 0 Å². The second-order valence-electron chi connectivity index (χ2n) is 2.92. The van der Waals surface area contributed by atoms with Gasteiger partial charge in [-0.2, -0.15) is 0 Å². The Kier molecular flexibility index (Phi) is 3.23. The van der Waals surface area contributed by atoms with E-state index in [9.17, 15) is 4.79 Å². The lowest BCUT2D eigenvalue weighted by Crippen LogP contribution is -2.03. The zero-order valence-corrected chi connectivity index (χ0v) is 10.1. The first-order valence-corrected chi connectivity index (χ1v) is 5.94. The van der Waals surface area contributed by atoms with Crippen molar-refractivity contribution in [1.29, 1.82) is 0 Å². The van der Waals surface area contributed by atoms with Gasteiger partial charge in [0.2, 0.25) is 0 Å². The fourth-order valence-corrected chi connectivity index (χ4v) is 2.63. The van der Waals surface area contributed by atoms with Gasteiger partial charge < -0.3 is 0 Å². The zero-order valence-electron chi connectivity index (χ0n) is 7.68. The second-order valence-corrected chi connectivity index (χ2v) is 4.77. The van der Waals surface area contributed by atoms with E-state index in [4.69, 9.17) is 0 Å². The van der Waals surface area contributed by atoms with E-state index in [2.05, 4.69) is 25.9 Å². The smallest absolute Gasteiger partial charge is 0.171 e. The van der Waals surface area contributed by atoms with Crippen LogP contribution in [0.2, 0.25) is 0 Å². The van der Waals surface area contributed by atoms with Crippen molar-refractivity contribution in [3.05, 3.63) is 45.1 Å². The highest BCUT2D eigenvalue weighted by molar-refractivity contribution is 9.10. The van der Waals surface area contributed by atoms with Crippen LogP contribution in [0.15, 0.2) is 34.6 Å². The van der Waals surface area contributed by atoms with Crippen LogP contribution < -0.4 is 0 Å². The van der Waals surface area contributed by atoms with Crippen LogP contribution in [-0.2, 0) is 6.42 Å². The molecule has 0 aromatic carbocycles. The number of thiophene rings is 1. The molecule has 2 aromatic heterocycles. The summed E-state index contributed by atoms with van der Waals surface area (Å²) in [5.74, 6) is 0.0405. The van der Waals surface area contributed by atoms with E-state index >= 15 is 0 Å². The van der Waals surface area contributed by atoms with Gasteiger partial charge in [-0.25, -0.2) is 9.97 Å². The first-order valence-electron chi connectivity index (χ1n) is 4.27. The first-order chi connectivity index (χ1) is 7.27. The number of carbonyl (C=O) groups is 1. The highest BCUT2D eigenvalue weighted by Crippen LogP contribution is 2.23. The number of carbonyl (C=O) groups excluding carboxylic acids is 1. The van der Waals surface area contributed by atoms with E-state index < -0.39 is 0 Å². The van der Waals surface area contributed by atoms with Crippen LogP contribution in [0.1, 0.15) is 15.2 Å². The molecule has 0 saturated heterocycles. The normalized spacial score (nSPS) is 10.2. The average molecular weight is 283 g/mol. The molecule has 2 rings (SSSR count). The molecule has 0 atom stereocenters. The summed E-state index contributed by atoms with van der Waals surface area (Å²) in [5.41, 5.74) is 0.554. The lowest BCUT2D eigenvalue weighted by atomic mass is 10.1. The molecule has 0 spiro atoms. The van der Waals surface area contributed by atoms with Gasteiger partial charge in [-0.3, -0.25) is 4.79 Å². The van der Waals surface area contributed by atoms with E-state index in [0.717, 1.165) is 9.35 Å². The highest BCUT2D eigenvalue weighted by Gasteiger charge is 2.10. The third-order valence-corrected chi connectivity index (χ3v) is 3.82. The molecule has 15 heavy (non-hydrogen) atoms. The molecule has 3 nitrogen and oxygen atoms in total. The Bertz CT molecular complexity index is 469. The summed E-state index contributed by atoms with van der Waals surface area (Å²) in [6, 6.07) is 1.94. The Hall–Kier alpha value is -1.07. The fourth-order valence-electron chi connectivity index (χ4n) is 1.14. The molecule has 0 aliphatic carbocycles. The number of halogens is 1. The minimum atomic E-state index is 0.0405. The summed E-state index contributed by atoms with van der Waals surface area (Å²) in [6.45, 7) is 0. The maximum Gasteiger partial charge on any atom is 0.171 e. The number of rotatable bonds is 3. The number of nitrogens with zero attached hydrogens (tertiary/aromatic N) is 2. The molecule has 0 aliphatic rings. The Morgan fingerprint density at radius 2 is 2.13 bits per heavy atom. The number of aromatic nitrogens is 2. The molecule has 2 aromatic rings. The molecule has 0 radical (unpaired) electrons. The van der Waals surface area contributed by atoms with Crippen LogP contribution in [0.3, 0.4) is 0 Å². The van der Waals surface area contributed by atoms with Crippen LogP contribution in [0.5, 0.6) is 0 Å². The van der Waals surface area contributed by atoms with Crippen molar-refractivity contribution in [2.24, 2.45) is 0 Å². The molecule has 0 N–H and O–H groups in total. The van der Waals surface area contributed by atoms with Gasteiger partial charge in [0.15, 0.2) is 5.78 Å². The molecule has 2 heterocycles. The molecule has 0 amide bonds. The number of Topliss-reactive ketones (excluding diaryl/α,β-unsaturated/α-hetero) is 1. The number of hydrogen-bond acceptors (Lipinski definition) is 4. The van der Waals surface area contributed by atoms with Crippen molar-refractivity contribution in [2.45, 2.75) is 6.42 Å². The second kappa shape index (κ2) is 4.63. The van der Waals surface area contributed by atoms with Gasteiger partial charge in [-0.05, 0) is 27.4 Å². The Morgan fingerprint density at radius 3 is 2.73 bits per heavy atom. The van der Waals surface area contributed by atoms with Gasteiger partial charge in [0.1, 0.15) is 6.33 Å². The van der Waals surface area contributed by atoms with Crippen molar-refractivity contribution in [1.82, 2.24) is 9.97 Å². The van der Waals surface area contributed by atoms with E-state index in [0.29, 0.717) is 12.0 Å². The molecule has 0 fully saturated rings. The lowest BCUT2D eigenvalue weighted by molar-refractivity contribution is 0.0993. The van der Waals surface area contributed by atoms with Crippen LogP contribution in [-0.4, -0.2) is 15.8 Å². The van der Waals surface area contributed by atoms with Gasteiger partial charge in [-0.15, -0.1) is 11.3 Å². The Morgan fingerprint density at radius 1 is 1.40 bits per heavy atom. The largest absolute Gasteiger partial charge is 0.294 e. The summed E-state index contributed by atoms with van der Waals surface area (Å²) in [5, 5.41) is 1.95.